The van der Waals surface area contributed by atoms with Crippen LogP contribution in [0.25, 0.3) is 0 Å². The molecule has 0 radical (unpaired) electrons. The highest BCUT2D eigenvalue weighted by atomic mass is 19.1. The van der Waals surface area contributed by atoms with E-state index in [-0.39, 0.29) is 36.1 Å². The SMILES string of the molecule is Cc1nc(C)c(CCC(=O)OCc2ccc(C#N)cc2F)c(=O)[nH]1. The molecule has 24 heavy (non-hydrogen) atoms. The Morgan fingerprint density at radius 3 is 2.79 bits per heavy atom. The number of hydrogen-bond donors (Lipinski definition) is 1. The van der Waals surface area contributed by atoms with Gasteiger partial charge in [-0.25, -0.2) is 9.37 Å². The molecule has 124 valence electrons. The molecule has 0 aliphatic rings. The molecule has 0 bridgehead atoms. The number of nitrogens with one attached hydrogen (secondary N) is 1. The van der Waals surface area contributed by atoms with E-state index in [1.807, 2.05) is 6.07 Å². The monoisotopic (exact) mass is 329 g/mol. The number of hydrogen-bond acceptors (Lipinski definition) is 5. The van der Waals surface area contributed by atoms with Gasteiger partial charge in [0, 0.05) is 23.2 Å². The van der Waals surface area contributed by atoms with E-state index in [1.165, 1.54) is 12.1 Å². The van der Waals surface area contributed by atoms with E-state index in [4.69, 9.17) is 10.00 Å². The highest BCUT2D eigenvalue weighted by molar-refractivity contribution is 5.69. The standard InChI is InChI=1S/C17H16FN3O3/c1-10-14(17(23)21-11(2)20-10)5-6-16(22)24-9-13-4-3-12(8-19)7-15(13)18/h3-4,7H,5-6,9H2,1-2H3,(H,20,21,23). The smallest absolute Gasteiger partial charge is 0.306 e. The van der Waals surface area contributed by atoms with Gasteiger partial charge in [-0.05, 0) is 32.4 Å². The van der Waals surface area contributed by atoms with Crippen molar-refractivity contribution < 1.29 is 13.9 Å². The van der Waals surface area contributed by atoms with Gasteiger partial charge < -0.3 is 9.72 Å². The topological polar surface area (TPSA) is 95.8 Å². The summed E-state index contributed by atoms with van der Waals surface area (Å²) in [5.74, 6) is -0.630. The van der Waals surface area contributed by atoms with Crippen molar-refractivity contribution in [3.8, 4) is 6.07 Å². The van der Waals surface area contributed by atoms with Gasteiger partial charge in [-0.15, -0.1) is 0 Å². The Morgan fingerprint density at radius 1 is 1.42 bits per heavy atom. The number of H-pyrrole nitrogens is 1. The van der Waals surface area contributed by atoms with Crippen LogP contribution in [-0.4, -0.2) is 15.9 Å². The number of carbonyl (C=O) groups excluding carboxylic acids is 1. The number of aromatic amines is 1. The lowest BCUT2D eigenvalue weighted by molar-refractivity contribution is -0.144. The van der Waals surface area contributed by atoms with Crippen LogP contribution in [0.15, 0.2) is 23.0 Å². The average molecular weight is 329 g/mol. The second kappa shape index (κ2) is 7.51. The van der Waals surface area contributed by atoms with E-state index in [0.29, 0.717) is 17.1 Å². The average Bonchev–Trinajstić information content (AvgIpc) is 2.52. The van der Waals surface area contributed by atoms with E-state index >= 15 is 0 Å². The third kappa shape index (κ3) is 4.26. The van der Waals surface area contributed by atoms with Crippen molar-refractivity contribution in [1.29, 1.82) is 5.26 Å². The van der Waals surface area contributed by atoms with Crippen LogP contribution in [-0.2, 0) is 22.6 Å². The predicted octanol–water partition coefficient (Wildman–Crippen LogP) is 2.07. The van der Waals surface area contributed by atoms with Gasteiger partial charge in [-0.2, -0.15) is 5.26 Å². The molecule has 0 saturated carbocycles. The van der Waals surface area contributed by atoms with Crippen LogP contribution in [0, 0.1) is 31.0 Å². The Kier molecular flexibility index (Phi) is 5.42. The van der Waals surface area contributed by atoms with E-state index in [2.05, 4.69) is 9.97 Å². The third-order valence-electron chi connectivity index (χ3n) is 3.49. The fourth-order valence-electron chi connectivity index (χ4n) is 2.24. The first-order valence-corrected chi connectivity index (χ1v) is 7.31. The fraction of sp³-hybridized carbons (Fsp3) is 0.294. The third-order valence-corrected chi connectivity index (χ3v) is 3.49. The maximum absolute atomic E-state index is 13.7. The molecule has 0 atom stereocenters. The molecule has 1 heterocycles. The Balaban J connectivity index is 1.93. The molecular weight excluding hydrogens is 313 g/mol. The van der Waals surface area contributed by atoms with Crippen LogP contribution in [0.3, 0.4) is 0 Å². The molecule has 2 aromatic rings. The van der Waals surface area contributed by atoms with Gasteiger partial charge in [0.1, 0.15) is 18.2 Å². The quantitative estimate of drug-likeness (QED) is 0.847. The first kappa shape index (κ1) is 17.3. The summed E-state index contributed by atoms with van der Waals surface area (Å²) < 4.78 is 18.7. The van der Waals surface area contributed by atoms with Gasteiger partial charge in [0.2, 0.25) is 0 Å². The molecular formula is C17H16FN3O3. The number of rotatable bonds is 5. The number of esters is 1. The lowest BCUT2D eigenvalue weighted by Gasteiger charge is -2.07. The molecule has 0 aliphatic carbocycles. The summed E-state index contributed by atoms with van der Waals surface area (Å²) in [4.78, 5) is 30.4. The van der Waals surface area contributed by atoms with E-state index in [0.717, 1.165) is 6.07 Å². The molecule has 0 aliphatic heterocycles. The molecule has 7 heteroatoms. The minimum atomic E-state index is -0.600. The van der Waals surface area contributed by atoms with Crippen molar-refractivity contribution in [2.24, 2.45) is 0 Å². The molecule has 1 aromatic heterocycles. The van der Waals surface area contributed by atoms with Crippen molar-refractivity contribution in [2.75, 3.05) is 0 Å². The normalized spacial score (nSPS) is 10.2. The summed E-state index contributed by atoms with van der Waals surface area (Å²) in [5, 5.41) is 8.68. The summed E-state index contributed by atoms with van der Waals surface area (Å²) in [6, 6.07) is 5.77. The van der Waals surface area contributed by atoms with Crippen LogP contribution in [0.2, 0.25) is 0 Å². The Bertz CT molecular complexity index is 868. The Hall–Kier alpha value is -3.01. The van der Waals surface area contributed by atoms with Crippen molar-refractivity contribution in [3.63, 3.8) is 0 Å². The number of carbonyl (C=O) groups is 1. The van der Waals surface area contributed by atoms with Crippen molar-refractivity contribution in [2.45, 2.75) is 33.3 Å². The largest absolute Gasteiger partial charge is 0.461 e. The highest BCUT2D eigenvalue weighted by Crippen LogP contribution is 2.12. The molecule has 0 saturated heterocycles. The first-order valence-electron chi connectivity index (χ1n) is 7.31. The maximum atomic E-state index is 13.7. The Labute approximate surface area is 137 Å². The van der Waals surface area contributed by atoms with Crippen LogP contribution in [0.1, 0.15) is 34.6 Å². The lowest BCUT2D eigenvalue weighted by Crippen LogP contribution is -2.19. The highest BCUT2D eigenvalue weighted by Gasteiger charge is 2.12. The van der Waals surface area contributed by atoms with Gasteiger partial charge in [0.05, 0.1) is 11.6 Å². The molecule has 1 aromatic carbocycles. The van der Waals surface area contributed by atoms with Crippen LogP contribution >= 0.6 is 0 Å². The molecule has 2 rings (SSSR count). The van der Waals surface area contributed by atoms with Gasteiger partial charge in [0.25, 0.3) is 5.56 Å². The second-order valence-corrected chi connectivity index (χ2v) is 5.29. The Morgan fingerprint density at radius 2 is 2.17 bits per heavy atom. The summed E-state index contributed by atoms with van der Waals surface area (Å²) >= 11 is 0. The van der Waals surface area contributed by atoms with Crippen molar-refractivity contribution in [1.82, 2.24) is 9.97 Å². The first-order chi connectivity index (χ1) is 11.4. The molecule has 0 unspecified atom stereocenters. The zero-order valence-electron chi connectivity index (χ0n) is 13.4. The summed E-state index contributed by atoms with van der Waals surface area (Å²) in [6.07, 6.45) is 0.190. The summed E-state index contributed by atoms with van der Waals surface area (Å²) in [7, 11) is 0. The zero-order chi connectivity index (χ0) is 17.7. The zero-order valence-corrected chi connectivity index (χ0v) is 13.4. The van der Waals surface area contributed by atoms with Gasteiger partial charge in [0.15, 0.2) is 0 Å². The number of benzene rings is 1. The minimum Gasteiger partial charge on any atom is -0.461 e. The minimum absolute atomic E-state index is 0.00738. The number of ether oxygens (including phenoxy) is 1. The predicted molar refractivity (Wildman–Crippen MR) is 83.6 cm³/mol. The van der Waals surface area contributed by atoms with Crippen LogP contribution in [0.4, 0.5) is 4.39 Å². The maximum Gasteiger partial charge on any atom is 0.306 e. The summed E-state index contributed by atoms with van der Waals surface area (Å²) in [5.41, 5.74) is 1.12. The molecule has 0 spiro atoms. The number of nitriles is 1. The fourth-order valence-corrected chi connectivity index (χ4v) is 2.24. The number of halogens is 1. The van der Waals surface area contributed by atoms with Crippen LogP contribution in [0.5, 0.6) is 0 Å². The van der Waals surface area contributed by atoms with E-state index < -0.39 is 11.8 Å². The van der Waals surface area contributed by atoms with E-state index in [9.17, 15) is 14.0 Å². The molecule has 1 N–H and O–H groups in total. The summed E-state index contributed by atoms with van der Waals surface area (Å²) in [6.45, 7) is 3.16. The molecule has 0 fully saturated rings. The second-order valence-electron chi connectivity index (χ2n) is 5.29. The molecule has 6 nitrogen and oxygen atoms in total. The van der Waals surface area contributed by atoms with Gasteiger partial charge in [-0.1, -0.05) is 6.07 Å². The molecule has 0 amide bonds. The van der Waals surface area contributed by atoms with Gasteiger partial charge >= 0.3 is 5.97 Å². The van der Waals surface area contributed by atoms with E-state index in [1.54, 1.807) is 13.8 Å². The number of nitrogens with zero attached hydrogens (tertiary/aromatic N) is 2. The van der Waals surface area contributed by atoms with Gasteiger partial charge in [-0.3, -0.25) is 9.59 Å². The van der Waals surface area contributed by atoms with Crippen molar-refractivity contribution in [3.05, 3.63) is 62.6 Å². The number of aromatic nitrogens is 2. The van der Waals surface area contributed by atoms with Crippen molar-refractivity contribution >= 4 is 5.97 Å². The lowest BCUT2D eigenvalue weighted by atomic mass is 10.1. The number of aryl methyl sites for hydroxylation is 2. The van der Waals surface area contributed by atoms with Crippen LogP contribution < -0.4 is 5.56 Å².